The van der Waals surface area contributed by atoms with Gasteiger partial charge in [0.2, 0.25) is 0 Å². The van der Waals surface area contributed by atoms with Gasteiger partial charge in [-0.15, -0.1) is 21.5 Å². The molecule has 1 fully saturated rings. The van der Waals surface area contributed by atoms with Gasteiger partial charge in [0.15, 0.2) is 5.13 Å². The van der Waals surface area contributed by atoms with Crippen molar-refractivity contribution in [2.24, 2.45) is 0 Å². The number of nitrogens with zero attached hydrogens (tertiary/aromatic N) is 3. The quantitative estimate of drug-likeness (QED) is 0.727. The molecule has 1 aromatic carbocycles. The summed E-state index contributed by atoms with van der Waals surface area (Å²) in [5.74, 6) is 0.795. The standard InChI is InChI=1S/C19H21FN4OS/c1-11-8-17(21-12-4-3-7-24(2)10-12)22-23-18(11)13-5-6-15-14(19(13)25)9-16(20)26-15/h5-6,8-9,12,25H,3-4,7,10H2,1-2H3,(H,21,22). The Bertz CT molecular complexity index is 958. The van der Waals surface area contributed by atoms with Crippen LogP contribution >= 0.6 is 11.3 Å². The molecule has 1 unspecified atom stereocenters. The number of hydrogen-bond donors (Lipinski definition) is 2. The number of rotatable bonds is 3. The van der Waals surface area contributed by atoms with Gasteiger partial charge in [0.05, 0.1) is 5.69 Å². The molecule has 2 aromatic heterocycles. The smallest absolute Gasteiger partial charge is 0.177 e. The minimum Gasteiger partial charge on any atom is -0.507 e. The van der Waals surface area contributed by atoms with E-state index in [2.05, 4.69) is 27.5 Å². The van der Waals surface area contributed by atoms with Crippen molar-refractivity contribution < 1.29 is 9.50 Å². The molecule has 1 aliphatic heterocycles. The van der Waals surface area contributed by atoms with Crippen molar-refractivity contribution in [2.75, 3.05) is 25.5 Å². The van der Waals surface area contributed by atoms with Gasteiger partial charge >= 0.3 is 0 Å². The Balaban J connectivity index is 1.63. The number of fused-ring (bicyclic) bond motifs is 1. The maximum absolute atomic E-state index is 13.5. The van der Waals surface area contributed by atoms with E-state index in [0.29, 0.717) is 27.4 Å². The van der Waals surface area contributed by atoms with Crippen molar-refractivity contribution in [3.8, 4) is 17.0 Å². The Morgan fingerprint density at radius 3 is 2.92 bits per heavy atom. The maximum atomic E-state index is 13.5. The van der Waals surface area contributed by atoms with Crippen molar-refractivity contribution in [3.05, 3.63) is 35.0 Å². The summed E-state index contributed by atoms with van der Waals surface area (Å²) in [7, 11) is 2.13. The van der Waals surface area contributed by atoms with Crippen molar-refractivity contribution in [1.82, 2.24) is 15.1 Å². The SMILES string of the molecule is Cc1cc(NC2CCCN(C)C2)nnc1-c1ccc2sc(F)cc2c1O. The van der Waals surface area contributed by atoms with Crippen LogP contribution in [0.1, 0.15) is 18.4 Å². The first-order valence-electron chi connectivity index (χ1n) is 8.72. The van der Waals surface area contributed by atoms with Crippen LogP contribution in [0.25, 0.3) is 21.3 Å². The van der Waals surface area contributed by atoms with Gasteiger partial charge < -0.3 is 15.3 Å². The van der Waals surface area contributed by atoms with E-state index in [0.717, 1.165) is 42.2 Å². The Morgan fingerprint density at radius 1 is 1.31 bits per heavy atom. The van der Waals surface area contributed by atoms with E-state index in [4.69, 9.17) is 0 Å². The summed E-state index contributed by atoms with van der Waals surface area (Å²) in [5.41, 5.74) is 2.10. The van der Waals surface area contributed by atoms with Crippen molar-refractivity contribution in [1.29, 1.82) is 0 Å². The summed E-state index contributed by atoms with van der Waals surface area (Å²) in [6, 6.07) is 7.26. The first-order valence-corrected chi connectivity index (χ1v) is 9.53. The first kappa shape index (κ1) is 17.2. The van der Waals surface area contributed by atoms with Crippen LogP contribution in [0, 0.1) is 12.1 Å². The van der Waals surface area contributed by atoms with Gasteiger partial charge in [0.25, 0.3) is 0 Å². The molecule has 0 spiro atoms. The highest BCUT2D eigenvalue weighted by atomic mass is 32.1. The number of aryl methyl sites for hydroxylation is 1. The van der Waals surface area contributed by atoms with Crippen molar-refractivity contribution in [2.45, 2.75) is 25.8 Å². The summed E-state index contributed by atoms with van der Waals surface area (Å²) in [6.45, 7) is 4.07. The van der Waals surface area contributed by atoms with E-state index in [1.807, 2.05) is 19.1 Å². The number of nitrogens with one attached hydrogen (secondary N) is 1. The molecule has 0 aliphatic carbocycles. The van der Waals surface area contributed by atoms with Crippen LogP contribution in [0.2, 0.25) is 0 Å². The Labute approximate surface area is 155 Å². The number of phenolic OH excluding ortho intramolecular Hbond substituents is 1. The van der Waals surface area contributed by atoms with Crippen molar-refractivity contribution >= 4 is 27.2 Å². The van der Waals surface area contributed by atoms with E-state index in [-0.39, 0.29) is 10.9 Å². The van der Waals surface area contributed by atoms with Crippen LogP contribution in [-0.4, -0.2) is 46.4 Å². The third-order valence-corrected chi connectivity index (χ3v) is 5.75. The number of hydrogen-bond acceptors (Lipinski definition) is 6. The lowest BCUT2D eigenvalue weighted by molar-refractivity contribution is 0.260. The van der Waals surface area contributed by atoms with Gasteiger partial charge in [-0.3, -0.25) is 0 Å². The van der Waals surface area contributed by atoms with E-state index >= 15 is 0 Å². The molecule has 0 bridgehead atoms. The van der Waals surface area contributed by atoms with Crippen LogP contribution in [0.5, 0.6) is 5.75 Å². The minimum atomic E-state index is -0.313. The molecule has 5 nitrogen and oxygen atoms in total. The van der Waals surface area contributed by atoms with E-state index in [1.165, 1.54) is 12.5 Å². The molecule has 0 amide bonds. The summed E-state index contributed by atoms with van der Waals surface area (Å²) in [6.07, 6.45) is 2.29. The normalized spacial score (nSPS) is 18.3. The fourth-order valence-electron chi connectivity index (χ4n) is 3.57. The molecule has 0 saturated carbocycles. The average Bonchev–Trinajstić information content (AvgIpc) is 2.98. The average molecular weight is 372 g/mol. The Morgan fingerprint density at radius 2 is 2.15 bits per heavy atom. The number of anilines is 1. The number of likely N-dealkylation sites (tertiary alicyclic amines) is 1. The van der Waals surface area contributed by atoms with E-state index in [9.17, 15) is 9.50 Å². The predicted molar refractivity (Wildman–Crippen MR) is 103 cm³/mol. The molecule has 136 valence electrons. The monoisotopic (exact) mass is 372 g/mol. The number of aromatic hydroxyl groups is 1. The van der Waals surface area contributed by atoms with E-state index in [1.54, 1.807) is 6.07 Å². The van der Waals surface area contributed by atoms with Crippen molar-refractivity contribution in [3.63, 3.8) is 0 Å². The van der Waals surface area contributed by atoms with Gasteiger partial charge in [-0.25, -0.2) is 0 Å². The van der Waals surface area contributed by atoms with Gasteiger partial charge in [0.1, 0.15) is 11.6 Å². The van der Waals surface area contributed by atoms with Crippen LogP contribution in [0.4, 0.5) is 10.2 Å². The van der Waals surface area contributed by atoms with Crippen LogP contribution in [0.15, 0.2) is 24.3 Å². The van der Waals surface area contributed by atoms with Crippen LogP contribution in [0.3, 0.4) is 0 Å². The summed E-state index contributed by atoms with van der Waals surface area (Å²) in [5, 5.41) is 22.8. The topological polar surface area (TPSA) is 61.3 Å². The second kappa shape index (κ2) is 6.81. The summed E-state index contributed by atoms with van der Waals surface area (Å²) >= 11 is 1.02. The molecule has 7 heteroatoms. The molecule has 3 aromatic rings. The zero-order chi connectivity index (χ0) is 18.3. The highest BCUT2D eigenvalue weighted by molar-refractivity contribution is 7.17. The van der Waals surface area contributed by atoms with Gasteiger partial charge in [-0.05, 0) is 63.2 Å². The number of aromatic nitrogens is 2. The first-order chi connectivity index (χ1) is 12.5. The molecular formula is C19H21FN4OS. The number of halogens is 1. The zero-order valence-electron chi connectivity index (χ0n) is 14.8. The number of phenols is 1. The third-order valence-electron chi connectivity index (χ3n) is 4.86. The molecule has 2 N–H and O–H groups in total. The lowest BCUT2D eigenvalue weighted by atomic mass is 10.0. The highest BCUT2D eigenvalue weighted by Crippen LogP contribution is 2.39. The van der Waals surface area contributed by atoms with Crippen LogP contribution in [-0.2, 0) is 0 Å². The second-order valence-corrected chi connectivity index (χ2v) is 7.96. The lowest BCUT2D eigenvalue weighted by Gasteiger charge is -2.30. The molecule has 3 heterocycles. The fraction of sp³-hybridized carbons (Fsp3) is 0.368. The minimum absolute atomic E-state index is 0.0506. The predicted octanol–water partition coefficient (Wildman–Crippen LogP) is 4.02. The highest BCUT2D eigenvalue weighted by Gasteiger charge is 2.19. The van der Waals surface area contributed by atoms with Gasteiger partial charge in [-0.2, -0.15) is 4.39 Å². The lowest BCUT2D eigenvalue weighted by Crippen LogP contribution is -2.39. The Hall–Kier alpha value is -2.25. The molecule has 1 atom stereocenters. The molecular weight excluding hydrogens is 351 g/mol. The summed E-state index contributed by atoms with van der Waals surface area (Å²) in [4.78, 5) is 2.31. The molecule has 4 rings (SSSR count). The largest absolute Gasteiger partial charge is 0.507 e. The molecule has 0 radical (unpaired) electrons. The fourth-order valence-corrected chi connectivity index (χ4v) is 4.36. The van der Waals surface area contributed by atoms with Crippen LogP contribution < -0.4 is 5.32 Å². The molecule has 26 heavy (non-hydrogen) atoms. The molecule has 1 saturated heterocycles. The number of piperidine rings is 1. The van der Waals surface area contributed by atoms with E-state index < -0.39 is 0 Å². The van der Waals surface area contributed by atoms with Gasteiger partial charge in [-0.1, -0.05) is 0 Å². The summed E-state index contributed by atoms with van der Waals surface area (Å²) < 4.78 is 14.2. The number of benzene rings is 1. The third kappa shape index (κ3) is 3.24. The number of thiophene rings is 1. The van der Waals surface area contributed by atoms with Gasteiger partial charge in [0, 0.05) is 28.2 Å². The number of likely N-dealkylation sites (N-methyl/N-ethyl adjacent to an activating group) is 1. The second-order valence-electron chi connectivity index (χ2n) is 6.93. The molecule has 1 aliphatic rings. The Kier molecular flexibility index (Phi) is 4.50. The maximum Gasteiger partial charge on any atom is 0.177 e. The zero-order valence-corrected chi connectivity index (χ0v) is 15.6.